The average Bonchev–Trinajstić information content (AvgIpc) is 2.35. The van der Waals surface area contributed by atoms with Crippen LogP contribution in [0.15, 0.2) is 24.3 Å². The average molecular weight is 223 g/mol. The minimum absolute atomic E-state index is 0.550. The summed E-state index contributed by atoms with van der Waals surface area (Å²) >= 11 is 0. The molecular formula is C12H17NO3. The molecule has 4 heteroatoms. The standard InChI is InChI=1S/C12H17NO3/c1-15-8-7-13(10-14)9-11-3-5-12(16-2)6-4-11/h3-6,10H,7-9H2,1-2H3. The topological polar surface area (TPSA) is 38.8 Å². The maximum Gasteiger partial charge on any atom is 0.210 e. The maximum atomic E-state index is 10.8. The van der Waals surface area contributed by atoms with Gasteiger partial charge in [-0.3, -0.25) is 4.79 Å². The zero-order valence-electron chi connectivity index (χ0n) is 9.68. The molecular weight excluding hydrogens is 206 g/mol. The van der Waals surface area contributed by atoms with E-state index in [1.165, 1.54) is 0 Å². The number of methoxy groups -OCH3 is 2. The van der Waals surface area contributed by atoms with Crippen LogP contribution in [0.4, 0.5) is 0 Å². The summed E-state index contributed by atoms with van der Waals surface area (Å²) < 4.78 is 9.99. The predicted molar refractivity (Wildman–Crippen MR) is 61.3 cm³/mol. The maximum absolute atomic E-state index is 10.8. The summed E-state index contributed by atoms with van der Waals surface area (Å²) in [5.41, 5.74) is 1.07. The predicted octanol–water partition coefficient (Wildman–Crippen LogP) is 1.30. The van der Waals surface area contributed by atoms with Crippen LogP contribution in [0.25, 0.3) is 0 Å². The van der Waals surface area contributed by atoms with Gasteiger partial charge in [0.2, 0.25) is 6.41 Å². The number of hydrogen-bond acceptors (Lipinski definition) is 3. The summed E-state index contributed by atoms with van der Waals surface area (Å²) in [6, 6.07) is 7.66. The van der Waals surface area contributed by atoms with Crippen LogP contribution < -0.4 is 4.74 Å². The number of benzene rings is 1. The molecule has 0 bridgehead atoms. The highest BCUT2D eigenvalue weighted by Crippen LogP contribution is 2.12. The van der Waals surface area contributed by atoms with E-state index in [1.54, 1.807) is 19.1 Å². The van der Waals surface area contributed by atoms with Gasteiger partial charge in [0.05, 0.1) is 13.7 Å². The molecule has 0 heterocycles. The van der Waals surface area contributed by atoms with Gasteiger partial charge >= 0.3 is 0 Å². The van der Waals surface area contributed by atoms with E-state index in [-0.39, 0.29) is 0 Å². The molecule has 0 spiro atoms. The molecule has 0 aliphatic carbocycles. The number of hydrogen-bond donors (Lipinski definition) is 0. The van der Waals surface area contributed by atoms with E-state index in [4.69, 9.17) is 9.47 Å². The molecule has 0 fully saturated rings. The summed E-state index contributed by atoms with van der Waals surface area (Å²) in [5.74, 6) is 0.818. The lowest BCUT2D eigenvalue weighted by atomic mass is 10.2. The Hall–Kier alpha value is -1.55. The molecule has 1 aromatic rings. The number of rotatable bonds is 7. The van der Waals surface area contributed by atoms with Gasteiger partial charge in [0.25, 0.3) is 0 Å². The lowest BCUT2D eigenvalue weighted by molar-refractivity contribution is -0.119. The van der Waals surface area contributed by atoms with E-state index in [2.05, 4.69) is 0 Å². The molecule has 1 aromatic carbocycles. The fraction of sp³-hybridized carbons (Fsp3) is 0.417. The molecule has 0 atom stereocenters. The van der Waals surface area contributed by atoms with E-state index in [9.17, 15) is 4.79 Å². The third kappa shape index (κ3) is 3.90. The zero-order valence-corrected chi connectivity index (χ0v) is 9.68. The van der Waals surface area contributed by atoms with Gasteiger partial charge in [-0.05, 0) is 17.7 Å². The van der Waals surface area contributed by atoms with Crippen molar-refractivity contribution in [1.29, 1.82) is 0 Å². The van der Waals surface area contributed by atoms with Crippen molar-refractivity contribution in [2.75, 3.05) is 27.4 Å². The van der Waals surface area contributed by atoms with E-state index < -0.39 is 0 Å². The second-order valence-corrected chi connectivity index (χ2v) is 3.42. The molecule has 0 saturated carbocycles. The number of amides is 1. The van der Waals surface area contributed by atoms with Crippen molar-refractivity contribution in [3.05, 3.63) is 29.8 Å². The van der Waals surface area contributed by atoms with Gasteiger partial charge in [-0.2, -0.15) is 0 Å². The summed E-state index contributed by atoms with van der Waals surface area (Å²) in [4.78, 5) is 12.5. The van der Waals surface area contributed by atoms with Crippen LogP contribution in [0.2, 0.25) is 0 Å². The molecule has 0 unspecified atom stereocenters. The van der Waals surface area contributed by atoms with Gasteiger partial charge in [-0.1, -0.05) is 12.1 Å². The molecule has 0 aliphatic heterocycles. The fourth-order valence-corrected chi connectivity index (χ4v) is 1.34. The monoisotopic (exact) mass is 223 g/mol. The largest absolute Gasteiger partial charge is 0.497 e. The Labute approximate surface area is 95.8 Å². The first-order chi connectivity index (χ1) is 7.80. The Kier molecular flexibility index (Phi) is 5.36. The SMILES string of the molecule is COCCN(C=O)Cc1ccc(OC)cc1. The van der Waals surface area contributed by atoms with E-state index >= 15 is 0 Å². The van der Waals surface area contributed by atoms with Crippen molar-refractivity contribution >= 4 is 6.41 Å². The minimum atomic E-state index is 0.550. The highest BCUT2D eigenvalue weighted by Gasteiger charge is 2.02. The summed E-state index contributed by atoms with van der Waals surface area (Å²) in [6.45, 7) is 1.75. The number of carbonyl (C=O) groups excluding carboxylic acids is 1. The van der Waals surface area contributed by atoms with E-state index in [1.807, 2.05) is 24.3 Å². The highest BCUT2D eigenvalue weighted by atomic mass is 16.5. The molecule has 1 amide bonds. The van der Waals surface area contributed by atoms with Crippen molar-refractivity contribution in [3.63, 3.8) is 0 Å². The normalized spacial score (nSPS) is 9.88. The first kappa shape index (κ1) is 12.5. The first-order valence-electron chi connectivity index (χ1n) is 5.11. The molecule has 1 rings (SSSR count). The van der Waals surface area contributed by atoms with Crippen molar-refractivity contribution < 1.29 is 14.3 Å². The number of ether oxygens (including phenoxy) is 2. The second-order valence-electron chi connectivity index (χ2n) is 3.42. The van der Waals surface area contributed by atoms with Crippen LogP contribution in [0.1, 0.15) is 5.56 Å². The Morgan fingerprint density at radius 2 is 1.94 bits per heavy atom. The minimum Gasteiger partial charge on any atom is -0.497 e. The first-order valence-corrected chi connectivity index (χ1v) is 5.11. The molecule has 0 saturated heterocycles. The summed E-state index contributed by atoms with van der Waals surface area (Å²) in [6.07, 6.45) is 0.837. The molecule has 0 aromatic heterocycles. The molecule has 16 heavy (non-hydrogen) atoms. The van der Waals surface area contributed by atoms with Gasteiger partial charge in [0.15, 0.2) is 0 Å². The lowest BCUT2D eigenvalue weighted by Crippen LogP contribution is -2.25. The smallest absolute Gasteiger partial charge is 0.210 e. The van der Waals surface area contributed by atoms with Crippen molar-refractivity contribution in [2.24, 2.45) is 0 Å². The van der Waals surface area contributed by atoms with Crippen LogP contribution in [0.3, 0.4) is 0 Å². The number of carbonyl (C=O) groups is 1. The van der Waals surface area contributed by atoms with E-state index in [0.717, 1.165) is 17.7 Å². The van der Waals surface area contributed by atoms with Crippen LogP contribution in [0.5, 0.6) is 5.75 Å². The summed E-state index contributed by atoms with van der Waals surface area (Å²) in [7, 11) is 3.25. The number of nitrogens with zero attached hydrogens (tertiary/aromatic N) is 1. The molecule has 0 N–H and O–H groups in total. The van der Waals surface area contributed by atoms with Crippen molar-refractivity contribution in [1.82, 2.24) is 4.90 Å². The van der Waals surface area contributed by atoms with Crippen LogP contribution in [-0.2, 0) is 16.1 Å². The van der Waals surface area contributed by atoms with Crippen LogP contribution in [-0.4, -0.2) is 38.7 Å². The Balaban J connectivity index is 2.52. The lowest BCUT2D eigenvalue weighted by Gasteiger charge is -2.16. The van der Waals surface area contributed by atoms with Crippen LogP contribution in [0, 0.1) is 0 Å². The highest BCUT2D eigenvalue weighted by molar-refractivity contribution is 5.47. The zero-order chi connectivity index (χ0) is 11.8. The summed E-state index contributed by atoms with van der Waals surface area (Å²) in [5, 5.41) is 0. The third-order valence-corrected chi connectivity index (χ3v) is 2.28. The molecule has 88 valence electrons. The third-order valence-electron chi connectivity index (χ3n) is 2.28. The fourth-order valence-electron chi connectivity index (χ4n) is 1.34. The van der Waals surface area contributed by atoms with Crippen molar-refractivity contribution in [2.45, 2.75) is 6.54 Å². The second kappa shape index (κ2) is 6.85. The van der Waals surface area contributed by atoms with Crippen molar-refractivity contribution in [3.8, 4) is 5.75 Å². The Bertz CT molecular complexity index is 311. The Morgan fingerprint density at radius 1 is 1.25 bits per heavy atom. The van der Waals surface area contributed by atoms with Crippen LogP contribution >= 0.6 is 0 Å². The van der Waals surface area contributed by atoms with Gasteiger partial charge in [0, 0.05) is 20.2 Å². The molecule has 0 radical (unpaired) electrons. The molecule has 0 aliphatic rings. The van der Waals surface area contributed by atoms with E-state index in [0.29, 0.717) is 19.7 Å². The van der Waals surface area contributed by atoms with Gasteiger partial charge < -0.3 is 14.4 Å². The molecule has 4 nitrogen and oxygen atoms in total. The quantitative estimate of drug-likeness (QED) is 0.654. The van der Waals surface area contributed by atoms with Gasteiger partial charge in [-0.15, -0.1) is 0 Å². The Morgan fingerprint density at radius 3 is 2.44 bits per heavy atom. The van der Waals surface area contributed by atoms with Gasteiger partial charge in [0.1, 0.15) is 5.75 Å². The van der Waals surface area contributed by atoms with Gasteiger partial charge in [-0.25, -0.2) is 0 Å².